The highest BCUT2D eigenvalue weighted by molar-refractivity contribution is 5.93. The second kappa shape index (κ2) is 4.73. The Morgan fingerprint density at radius 1 is 1.24 bits per heavy atom. The van der Waals surface area contributed by atoms with Crippen LogP contribution in [0.25, 0.3) is 16.5 Å². The van der Waals surface area contributed by atoms with Gasteiger partial charge in [0, 0.05) is 35.5 Å². The highest BCUT2D eigenvalue weighted by Gasteiger charge is 2.37. The van der Waals surface area contributed by atoms with E-state index in [1.54, 1.807) is 0 Å². The van der Waals surface area contributed by atoms with Crippen molar-refractivity contribution >= 4 is 16.5 Å². The normalized spacial score (nSPS) is 20.6. The lowest BCUT2D eigenvalue weighted by molar-refractivity contribution is -0.159. The van der Waals surface area contributed by atoms with Crippen molar-refractivity contribution in [2.24, 2.45) is 0 Å². The minimum absolute atomic E-state index is 0.382. The number of allylic oxidation sites excluding steroid dienone is 1. The average Bonchev–Trinajstić information content (AvgIpc) is 3.15. The zero-order valence-electron chi connectivity index (χ0n) is 11.7. The summed E-state index contributed by atoms with van der Waals surface area (Å²) in [7, 11) is 0. The van der Waals surface area contributed by atoms with Gasteiger partial charge in [0.15, 0.2) is 5.79 Å². The molecule has 21 heavy (non-hydrogen) atoms. The number of H-pyrrole nitrogens is 1. The maximum Gasteiger partial charge on any atom is 0.172 e. The summed E-state index contributed by atoms with van der Waals surface area (Å²) >= 11 is 0. The van der Waals surface area contributed by atoms with Gasteiger partial charge in [-0.25, -0.2) is 0 Å². The summed E-state index contributed by atoms with van der Waals surface area (Å²) in [5.74, 6) is -0.382. The number of hydrogen-bond acceptors (Lipinski definition) is 3. The Kier molecular flexibility index (Phi) is 2.85. The molecular formula is C17H16N2O2. The lowest BCUT2D eigenvalue weighted by Gasteiger charge is -2.30. The van der Waals surface area contributed by atoms with Gasteiger partial charge in [-0.05, 0) is 30.2 Å². The van der Waals surface area contributed by atoms with Crippen molar-refractivity contribution in [2.75, 3.05) is 13.2 Å². The predicted molar refractivity (Wildman–Crippen MR) is 79.5 cm³/mol. The molecule has 2 aromatic rings. The molecule has 0 amide bonds. The Labute approximate surface area is 123 Å². The molecule has 1 fully saturated rings. The maximum atomic E-state index is 9.07. The third kappa shape index (κ3) is 2.06. The molecule has 1 spiro atoms. The van der Waals surface area contributed by atoms with E-state index in [1.165, 1.54) is 11.1 Å². The van der Waals surface area contributed by atoms with Crippen LogP contribution in [0, 0.1) is 11.3 Å². The van der Waals surface area contributed by atoms with E-state index in [2.05, 4.69) is 17.1 Å². The van der Waals surface area contributed by atoms with E-state index in [0.29, 0.717) is 18.8 Å². The highest BCUT2D eigenvalue weighted by atomic mass is 16.7. The number of nitrogens with one attached hydrogen (secondary N) is 1. The molecular weight excluding hydrogens is 264 g/mol. The molecule has 2 aliphatic rings. The van der Waals surface area contributed by atoms with Crippen molar-refractivity contribution in [2.45, 2.75) is 25.0 Å². The number of rotatable bonds is 1. The van der Waals surface area contributed by atoms with E-state index in [0.717, 1.165) is 30.2 Å². The van der Waals surface area contributed by atoms with Crippen molar-refractivity contribution in [1.82, 2.24) is 4.98 Å². The number of fused-ring (bicyclic) bond motifs is 1. The third-order valence-electron chi connectivity index (χ3n) is 4.41. The SMILES string of the molecule is N#Cc1ccc2[nH]cc(C3=CCC4(CC3)OCCO4)c2c1. The molecule has 0 bridgehead atoms. The molecule has 0 unspecified atom stereocenters. The molecule has 4 nitrogen and oxygen atoms in total. The molecule has 4 heteroatoms. The van der Waals surface area contributed by atoms with Gasteiger partial charge in [0.1, 0.15) is 0 Å². The van der Waals surface area contributed by atoms with E-state index >= 15 is 0 Å². The van der Waals surface area contributed by atoms with E-state index in [1.807, 2.05) is 24.4 Å². The summed E-state index contributed by atoms with van der Waals surface area (Å²) in [6, 6.07) is 7.96. The van der Waals surface area contributed by atoms with E-state index < -0.39 is 0 Å². The number of nitriles is 1. The average molecular weight is 280 g/mol. The Morgan fingerprint density at radius 3 is 2.81 bits per heavy atom. The molecule has 1 saturated heterocycles. The molecule has 4 rings (SSSR count). The third-order valence-corrected chi connectivity index (χ3v) is 4.41. The van der Waals surface area contributed by atoms with E-state index in [9.17, 15) is 0 Å². The fourth-order valence-corrected chi connectivity index (χ4v) is 3.27. The van der Waals surface area contributed by atoms with Gasteiger partial charge >= 0.3 is 0 Å². The predicted octanol–water partition coefficient (Wildman–Crippen LogP) is 3.35. The maximum absolute atomic E-state index is 9.07. The lowest BCUT2D eigenvalue weighted by Crippen LogP contribution is -2.31. The first kappa shape index (κ1) is 12.6. The van der Waals surface area contributed by atoms with Gasteiger partial charge in [-0.1, -0.05) is 6.08 Å². The van der Waals surface area contributed by atoms with Crippen LogP contribution in [0.5, 0.6) is 0 Å². The lowest BCUT2D eigenvalue weighted by atomic mass is 9.89. The summed E-state index contributed by atoms with van der Waals surface area (Å²) in [6.45, 7) is 1.39. The minimum atomic E-state index is -0.382. The minimum Gasteiger partial charge on any atom is -0.361 e. The number of hydrogen-bond donors (Lipinski definition) is 1. The summed E-state index contributed by atoms with van der Waals surface area (Å²) in [4.78, 5) is 3.29. The molecule has 1 aromatic carbocycles. The van der Waals surface area contributed by atoms with Crippen LogP contribution in [-0.2, 0) is 9.47 Å². The van der Waals surface area contributed by atoms with Gasteiger partial charge in [0.05, 0.1) is 24.8 Å². The quantitative estimate of drug-likeness (QED) is 0.871. The number of aromatic amines is 1. The second-order valence-electron chi connectivity index (χ2n) is 5.62. The Morgan fingerprint density at radius 2 is 2.10 bits per heavy atom. The van der Waals surface area contributed by atoms with Gasteiger partial charge in [-0.15, -0.1) is 0 Å². The zero-order valence-corrected chi connectivity index (χ0v) is 11.7. The first-order chi connectivity index (χ1) is 10.3. The molecule has 0 saturated carbocycles. The standard InChI is InChI=1S/C17H16N2O2/c18-10-12-1-2-16-14(9-12)15(11-19-16)13-3-5-17(6-4-13)20-7-8-21-17/h1-3,9,11,19H,4-8H2. The van der Waals surface area contributed by atoms with Crippen molar-refractivity contribution in [3.05, 3.63) is 41.6 Å². The van der Waals surface area contributed by atoms with E-state index in [4.69, 9.17) is 14.7 Å². The van der Waals surface area contributed by atoms with Crippen LogP contribution in [0.4, 0.5) is 0 Å². The van der Waals surface area contributed by atoms with Crippen molar-refractivity contribution in [3.8, 4) is 6.07 Å². The molecule has 106 valence electrons. The zero-order chi connectivity index (χ0) is 14.3. The fraction of sp³-hybridized carbons (Fsp3) is 0.353. The first-order valence-corrected chi connectivity index (χ1v) is 7.28. The molecule has 0 atom stereocenters. The van der Waals surface area contributed by atoms with Gasteiger partial charge in [-0.2, -0.15) is 5.26 Å². The molecule has 1 aliphatic carbocycles. The van der Waals surface area contributed by atoms with Crippen LogP contribution < -0.4 is 0 Å². The first-order valence-electron chi connectivity index (χ1n) is 7.28. The number of ether oxygens (including phenoxy) is 2. The topological polar surface area (TPSA) is 58.0 Å². The Balaban J connectivity index is 1.71. The summed E-state index contributed by atoms with van der Waals surface area (Å²) < 4.78 is 11.5. The highest BCUT2D eigenvalue weighted by Crippen LogP contribution is 2.39. The van der Waals surface area contributed by atoms with Crippen LogP contribution in [0.3, 0.4) is 0 Å². The number of benzene rings is 1. The van der Waals surface area contributed by atoms with Gasteiger partial charge in [0.2, 0.25) is 0 Å². The fourth-order valence-electron chi connectivity index (χ4n) is 3.27. The van der Waals surface area contributed by atoms with Gasteiger partial charge < -0.3 is 14.5 Å². The van der Waals surface area contributed by atoms with Crippen molar-refractivity contribution in [3.63, 3.8) is 0 Å². The summed E-state index contributed by atoms with van der Waals surface area (Å²) in [5, 5.41) is 10.2. The monoisotopic (exact) mass is 280 g/mol. The van der Waals surface area contributed by atoms with Crippen LogP contribution in [0.1, 0.15) is 30.4 Å². The molecule has 1 N–H and O–H groups in total. The second-order valence-corrected chi connectivity index (χ2v) is 5.62. The number of nitrogens with zero attached hydrogens (tertiary/aromatic N) is 1. The molecule has 2 heterocycles. The van der Waals surface area contributed by atoms with Crippen LogP contribution in [-0.4, -0.2) is 24.0 Å². The smallest absolute Gasteiger partial charge is 0.172 e. The summed E-state index contributed by atoms with van der Waals surface area (Å²) in [6.07, 6.45) is 6.88. The van der Waals surface area contributed by atoms with Crippen LogP contribution in [0.2, 0.25) is 0 Å². The van der Waals surface area contributed by atoms with Crippen molar-refractivity contribution < 1.29 is 9.47 Å². The largest absolute Gasteiger partial charge is 0.361 e. The summed E-state index contributed by atoms with van der Waals surface area (Å²) in [5.41, 5.74) is 4.26. The van der Waals surface area contributed by atoms with Gasteiger partial charge in [-0.3, -0.25) is 0 Å². The Hall–Kier alpha value is -2.09. The Bertz CT molecular complexity index is 761. The van der Waals surface area contributed by atoms with Crippen LogP contribution in [0.15, 0.2) is 30.5 Å². The van der Waals surface area contributed by atoms with E-state index in [-0.39, 0.29) is 5.79 Å². The van der Waals surface area contributed by atoms with Crippen LogP contribution >= 0.6 is 0 Å². The van der Waals surface area contributed by atoms with Gasteiger partial charge in [0.25, 0.3) is 0 Å². The molecule has 1 aromatic heterocycles. The van der Waals surface area contributed by atoms with Crippen molar-refractivity contribution in [1.29, 1.82) is 5.26 Å². The molecule has 1 aliphatic heterocycles. The molecule has 0 radical (unpaired) electrons. The number of aromatic nitrogens is 1.